The second-order valence-corrected chi connectivity index (χ2v) is 6.16. The zero-order chi connectivity index (χ0) is 14.6. The van der Waals surface area contributed by atoms with Crippen LogP contribution < -0.4 is 5.73 Å². The van der Waals surface area contributed by atoms with Crippen LogP contribution in [0.4, 0.5) is 4.39 Å². The third-order valence-electron chi connectivity index (χ3n) is 2.68. The summed E-state index contributed by atoms with van der Waals surface area (Å²) in [5.74, 6) is -1.39. The number of hydrogen-bond donors (Lipinski definition) is 2. The molecular weight excluding hydrogens is 273 g/mol. The number of nitrogens with two attached hydrogens (primary N) is 1. The first-order valence-corrected chi connectivity index (χ1v) is 6.93. The normalized spacial score (nSPS) is 14.6. The molecule has 0 bridgehead atoms. The Balaban J connectivity index is 2.99. The van der Waals surface area contributed by atoms with Crippen molar-refractivity contribution in [1.29, 1.82) is 0 Å². The van der Waals surface area contributed by atoms with Gasteiger partial charge >= 0.3 is 0 Å². The van der Waals surface area contributed by atoms with E-state index >= 15 is 0 Å². The number of halogens is 1. The Hall–Kier alpha value is -1.67. The Morgan fingerprint density at radius 3 is 2.63 bits per heavy atom. The van der Waals surface area contributed by atoms with Gasteiger partial charge in [-0.05, 0) is 12.1 Å². The van der Waals surface area contributed by atoms with Gasteiger partial charge in [-0.15, -0.1) is 0 Å². The third-order valence-corrected chi connectivity index (χ3v) is 4.53. The van der Waals surface area contributed by atoms with Gasteiger partial charge in [0.25, 0.3) is 0 Å². The van der Waals surface area contributed by atoms with Crippen molar-refractivity contribution in [3.8, 4) is 0 Å². The van der Waals surface area contributed by atoms with E-state index in [-0.39, 0.29) is 12.4 Å². The van der Waals surface area contributed by atoms with Gasteiger partial charge in [0.05, 0.1) is 0 Å². The molecule has 1 rings (SSSR count). The van der Waals surface area contributed by atoms with Crippen molar-refractivity contribution in [2.24, 2.45) is 16.8 Å². The molecule has 0 aromatic heterocycles. The van der Waals surface area contributed by atoms with E-state index in [0.29, 0.717) is 0 Å². The summed E-state index contributed by atoms with van der Waals surface area (Å²) in [4.78, 5) is -0.399. The number of benzene rings is 1. The Labute approximate surface area is 111 Å². The molecule has 19 heavy (non-hydrogen) atoms. The predicted molar refractivity (Wildman–Crippen MR) is 68.8 cm³/mol. The van der Waals surface area contributed by atoms with Crippen LogP contribution >= 0.6 is 0 Å². The van der Waals surface area contributed by atoms with E-state index in [2.05, 4.69) is 5.16 Å². The smallest absolute Gasteiger partial charge is 0.245 e. The molecule has 0 amide bonds. The summed E-state index contributed by atoms with van der Waals surface area (Å²) in [5.41, 5.74) is 5.38. The van der Waals surface area contributed by atoms with Crippen LogP contribution in [0.25, 0.3) is 0 Å². The number of sulfonamides is 1. The average Bonchev–Trinajstić information content (AvgIpc) is 2.37. The molecular formula is C11H16FN3O3S. The summed E-state index contributed by atoms with van der Waals surface area (Å²) >= 11 is 0. The van der Waals surface area contributed by atoms with Gasteiger partial charge in [0.1, 0.15) is 16.5 Å². The number of hydrogen-bond acceptors (Lipinski definition) is 4. The monoisotopic (exact) mass is 289 g/mol. The van der Waals surface area contributed by atoms with Crippen LogP contribution in [0.5, 0.6) is 0 Å². The second-order valence-electron chi connectivity index (χ2n) is 4.14. The molecule has 6 nitrogen and oxygen atoms in total. The zero-order valence-corrected chi connectivity index (χ0v) is 11.4. The maximum absolute atomic E-state index is 13.5. The van der Waals surface area contributed by atoms with E-state index in [1.165, 1.54) is 25.2 Å². The molecule has 0 heterocycles. The minimum absolute atomic E-state index is 0.0213. The molecule has 0 saturated heterocycles. The number of rotatable bonds is 5. The minimum atomic E-state index is -3.94. The molecule has 0 spiro atoms. The van der Waals surface area contributed by atoms with Gasteiger partial charge in [0.2, 0.25) is 10.0 Å². The minimum Gasteiger partial charge on any atom is -0.409 e. The molecule has 0 radical (unpaired) electrons. The lowest BCUT2D eigenvalue weighted by Gasteiger charge is -2.20. The Morgan fingerprint density at radius 2 is 2.11 bits per heavy atom. The highest BCUT2D eigenvalue weighted by atomic mass is 32.2. The van der Waals surface area contributed by atoms with Crippen molar-refractivity contribution < 1.29 is 18.0 Å². The van der Waals surface area contributed by atoms with Crippen LogP contribution in [0.2, 0.25) is 0 Å². The fourth-order valence-electron chi connectivity index (χ4n) is 1.50. The van der Waals surface area contributed by atoms with Crippen molar-refractivity contribution in [3.63, 3.8) is 0 Å². The lowest BCUT2D eigenvalue weighted by Crippen LogP contribution is -2.36. The lowest BCUT2D eigenvalue weighted by molar-refractivity contribution is 0.312. The first-order valence-electron chi connectivity index (χ1n) is 5.49. The SMILES string of the molecule is CC(CN(C)S(=O)(=O)c1ccccc1F)/C(N)=N/O. The Bertz CT molecular complexity index is 574. The maximum atomic E-state index is 13.5. The van der Waals surface area contributed by atoms with Gasteiger partial charge in [-0.25, -0.2) is 17.1 Å². The molecule has 0 aliphatic heterocycles. The van der Waals surface area contributed by atoms with Crippen LogP contribution in [0.15, 0.2) is 34.3 Å². The fraction of sp³-hybridized carbons (Fsp3) is 0.364. The molecule has 0 aliphatic rings. The maximum Gasteiger partial charge on any atom is 0.245 e. The molecule has 1 atom stereocenters. The standard InChI is InChI=1S/C11H16FN3O3S/c1-8(11(13)14-16)7-15(2)19(17,18)10-6-4-3-5-9(10)12/h3-6,8,16H,7H2,1-2H3,(H2,13,14). The second kappa shape index (κ2) is 5.98. The van der Waals surface area contributed by atoms with Crippen molar-refractivity contribution in [2.75, 3.05) is 13.6 Å². The summed E-state index contributed by atoms with van der Waals surface area (Å²) in [6, 6.07) is 5.12. The molecule has 0 fully saturated rings. The molecule has 3 N–H and O–H groups in total. The lowest BCUT2D eigenvalue weighted by atomic mass is 10.2. The Kier molecular flexibility index (Phi) is 4.84. The van der Waals surface area contributed by atoms with Crippen molar-refractivity contribution in [1.82, 2.24) is 4.31 Å². The molecule has 0 aliphatic carbocycles. The molecule has 1 aromatic carbocycles. The molecule has 1 aromatic rings. The van der Waals surface area contributed by atoms with Crippen LogP contribution in [0, 0.1) is 11.7 Å². The van der Waals surface area contributed by atoms with E-state index in [1.54, 1.807) is 6.92 Å². The largest absolute Gasteiger partial charge is 0.409 e. The van der Waals surface area contributed by atoms with E-state index in [0.717, 1.165) is 10.4 Å². The molecule has 8 heteroatoms. The highest BCUT2D eigenvalue weighted by Crippen LogP contribution is 2.18. The predicted octanol–water partition coefficient (Wildman–Crippen LogP) is 0.829. The van der Waals surface area contributed by atoms with Crippen LogP contribution in [0.3, 0.4) is 0 Å². The first-order chi connectivity index (χ1) is 8.80. The van der Waals surface area contributed by atoms with Crippen LogP contribution in [0.1, 0.15) is 6.92 Å². The van der Waals surface area contributed by atoms with Gasteiger partial charge in [-0.2, -0.15) is 0 Å². The van der Waals surface area contributed by atoms with E-state index in [4.69, 9.17) is 10.9 Å². The number of nitrogens with zero attached hydrogens (tertiary/aromatic N) is 2. The summed E-state index contributed by atoms with van der Waals surface area (Å²) in [6.45, 7) is 1.58. The summed E-state index contributed by atoms with van der Waals surface area (Å²) in [6.07, 6.45) is 0. The highest BCUT2D eigenvalue weighted by molar-refractivity contribution is 7.89. The van der Waals surface area contributed by atoms with E-state index in [1.807, 2.05) is 0 Å². The van der Waals surface area contributed by atoms with Gasteiger partial charge in [-0.3, -0.25) is 0 Å². The number of amidine groups is 1. The van der Waals surface area contributed by atoms with Crippen molar-refractivity contribution in [3.05, 3.63) is 30.1 Å². The van der Waals surface area contributed by atoms with Crippen molar-refractivity contribution >= 4 is 15.9 Å². The quantitative estimate of drug-likeness (QED) is 0.363. The summed E-state index contributed by atoms with van der Waals surface area (Å²) in [7, 11) is -2.63. The van der Waals surface area contributed by atoms with E-state index in [9.17, 15) is 12.8 Å². The number of oxime groups is 1. The average molecular weight is 289 g/mol. The molecule has 0 saturated carbocycles. The van der Waals surface area contributed by atoms with E-state index < -0.39 is 26.7 Å². The zero-order valence-electron chi connectivity index (χ0n) is 10.6. The van der Waals surface area contributed by atoms with Gasteiger partial charge < -0.3 is 10.9 Å². The van der Waals surface area contributed by atoms with Crippen LogP contribution in [-0.2, 0) is 10.0 Å². The Morgan fingerprint density at radius 1 is 1.53 bits per heavy atom. The van der Waals surface area contributed by atoms with Gasteiger partial charge in [0, 0.05) is 19.5 Å². The highest BCUT2D eigenvalue weighted by Gasteiger charge is 2.26. The topological polar surface area (TPSA) is 96.0 Å². The fourth-order valence-corrected chi connectivity index (χ4v) is 2.82. The molecule has 1 unspecified atom stereocenters. The van der Waals surface area contributed by atoms with Gasteiger partial charge in [-0.1, -0.05) is 24.2 Å². The van der Waals surface area contributed by atoms with Gasteiger partial charge in [0.15, 0.2) is 0 Å². The molecule has 106 valence electrons. The summed E-state index contributed by atoms with van der Waals surface area (Å²) in [5, 5.41) is 11.3. The third kappa shape index (κ3) is 3.42. The first kappa shape index (κ1) is 15.4. The van der Waals surface area contributed by atoms with Crippen LogP contribution in [-0.4, -0.2) is 37.4 Å². The van der Waals surface area contributed by atoms with Crippen molar-refractivity contribution in [2.45, 2.75) is 11.8 Å². The summed E-state index contributed by atoms with van der Waals surface area (Å²) < 4.78 is 38.8.